The maximum Gasteiger partial charge on any atom is 0.276 e. The van der Waals surface area contributed by atoms with E-state index in [-0.39, 0.29) is 17.3 Å². The molecule has 0 aliphatic heterocycles. The van der Waals surface area contributed by atoms with E-state index in [2.05, 4.69) is 15.3 Å². The fraction of sp³-hybridized carbons (Fsp3) is 0.556. The van der Waals surface area contributed by atoms with Gasteiger partial charge in [0, 0.05) is 19.7 Å². The highest BCUT2D eigenvalue weighted by Gasteiger charge is 2.05. The molecule has 0 bridgehead atoms. The molecule has 1 atom stereocenters. The summed E-state index contributed by atoms with van der Waals surface area (Å²) in [7, 11) is 1.60. The van der Waals surface area contributed by atoms with Crippen molar-refractivity contribution in [1.29, 1.82) is 0 Å². The Labute approximate surface area is 93.2 Å². The summed E-state index contributed by atoms with van der Waals surface area (Å²) >= 11 is 0. The minimum Gasteiger partial charge on any atom is -0.391 e. The highest BCUT2D eigenvalue weighted by atomic mass is 16.5. The molecule has 7 nitrogen and oxygen atoms in total. The number of aromatic nitrogens is 2. The summed E-state index contributed by atoms with van der Waals surface area (Å²) in [5.41, 5.74) is 11.0. The number of H-pyrrole nitrogens is 1. The van der Waals surface area contributed by atoms with Crippen molar-refractivity contribution < 1.29 is 4.74 Å². The van der Waals surface area contributed by atoms with E-state index in [0.29, 0.717) is 25.4 Å². The van der Waals surface area contributed by atoms with Crippen molar-refractivity contribution in [3.63, 3.8) is 0 Å². The van der Waals surface area contributed by atoms with Crippen LogP contribution in [0, 0.1) is 0 Å². The van der Waals surface area contributed by atoms with E-state index < -0.39 is 0 Å². The molecule has 1 unspecified atom stereocenters. The molecule has 0 aliphatic carbocycles. The molecule has 0 fully saturated rings. The maximum absolute atomic E-state index is 11.1. The maximum atomic E-state index is 11.1. The molecule has 1 aromatic heterocycles. The average Bonchev–Trinajstić information content (AvgIpc) is 2.25. The summed E-state index contributed by atoms with van der Waals surface area (Å²) in [6, 6.07) is -0.0410. The number of ether oxygens (including phenoxy) is 1. The normalized spacial score (nSPS) is 12.4. The van der Waals surface area contributed by atoms with E-state index in [0.717, 1.165) is 0 Å². The Kier molecular flexibility index (Phi) is 4.74. The molecule has 1 rings (SSSR count). The minimum atomic E-state index is -0.348. The first-order valence-electron chi connectivity index (χ1n) is 4.96. The van der Waals surface area contributed by atoms with Gasteiger partial charge in [-0.25, -0.2) is 4.98 Å². The van der Waals surface area contributed by atoms with Crippen molar-refractivity contribution in [2.24, 2.45) is 5.73 Å². The first-order chi connectivity index (χ1) is 7.65. The van der Waals surface area contributed by atoms with Crippen LogP contribution in [0.2, 0.25) is 0 Å². The van der Waals surface area contributed by atoms with E-state index in [1.54, 1.807) is 7.11 Å². The van der Waals surface area contributed by atoms with Gasteiger partial charge in [0.15, 0.2) is 5.82 Å². The lowest BCUT2D eigenvalue weighted by atomic mass is 10.2. The number of nitrogens with two attached hydrogens (primary N) is 2. The molecule has 0 saturated carbocycles. The van der Waals surface area contributed by atoms with Crippen LogP contribution < -0.4 is 22.3 Å². The number of methoxy groups -OCH3 is 1. The number of aromatic amines is 1. The van der Waals surface area contributed by atoms with E-state index in [1.807, 2.05) is 0 Å². The SMILES string of the molecule is COCC(N)CCNc1nc[nH]c(=O)c1N. The predicted molar refractivity (Wildman–Crippen MR) is 62.2 cm³/mol. The molecule has 0 saturated heterocycles. The van der Waals surface area contributed by atoms with Crippen LogP contribution in [0.4, 0.5) is 11.5 Å². The highest BCUT2D eigenvalue weighted by molar-refractivity contribution is 5.58. The van der Waals surface area contributed by atoms with Crippen molar-refractivity contribution >= 4 is 11.5 Å². The van der Waals surface area contributed by atoms with Crippen LogP contribution in [0.15, 0.2) is 11.1 Å². The summed E-state index contributed by atoms with van der Waals surface area (Å²) in [6.07, 6.45) is 2.01. The number of hydrogen-bond acceptors (Lipinski definition) is 6. The van der Waals surface area contributed by atoms with Crippen molar-refractivity contribution in [2.45, 2.75) is 12.5 Å². The summed E-state index contributed by atoms with van der Waals surface area (Å²) < 4.78 is 4.90. The molecule has 1 heterocycles. The Balaban J connectivity index is 2.43. The largest absolute Gasteiger partial charge is 0.391 e. The van der Waals surface area contributed by atoms with Gasteiger partial charge < -0.3 is 26.5 Å². The third kappa shape index (κ3) is 3.52. The quantitative estimate of drug-likeness (QED) is 0.501. The first-order valence-corrected chi connectivity index (χ1v) is 4.96. The lowest BCUT2D eigenvalue weighted by Gasteiger charge is -2.11. The van der Waals surface area contributed by atoms with Crippen LogP contribution in [0.25, 0.3) is 0 Å². The summed E-state index contributed by atoms with van der Waals surface area (Å²) in [5, 5.41) is 2.95. The third-order valence-electron chi connectivity index (χ3n) is 2.08. The van der Waals surface area contributed by atoms with E-state index in [1.165, 1.54) is 6.33 Å². The molecular weight excluding hydrogens is 210 g/mol. The van der Waals surface area contributed by atoms with Crippen molar-refractivity contribution in [3.8, 4) is 0 Å². The fourth-order valence-electron chi connectivity index (χ4n) is 1.22. The van der Waals surface area contributed by atoms with Crippen LogP contribution in [0.1, 0.15) is 6.42 Å². The van der Waals surface area contributed by atoms with Crippen molar-refractivity contribution in [2.75, 3.05) is 31.3 Å². The second-order valence-electron chi connectivity index (χ2n) is 3.42. The van der Waals surface area contributed by atoms with Crippen LogP contribution in [-0.4, -0.2) is 36.3 Å². The number of nitrogens with zero attached hydrogens (tertiary/aromatic N) is 1. The van der Waals surface area contributed by atoms with Gasteiger partial charge in [-0.15, -0.1) is 0 Å². The van der Waals surface area contributed by atoms with Gasteiger partial charge >= 0.3 is 0 Å². The summed E-state index contributed by atoms with van der Waals surface area (Å²) in [4.78, 5) is 17.4. The van der Waals surface area contributed by atoms with Crippen LogP contribution >= 0.6 is 0 Å². The van der Waals surface area contributed by atoms with Crippen LogP contribution in [0.3, 0.4) is 0 Å². The zero-order chi connectivity index (χ0) is 12.0. The molecule has 7 heteroatoms. The smallest absolute Gasteiger partial charge is 0.276 e. The molecule has 0 radical (unpaired) electrons. The van der Waals surface area contributed by atoms with Gasteiger partial charge in [-0.3, -0.25) is 4.79 Å². The lowest BCUT2D eigenvalue weighted by molar-refractivity contribution is 0.178. The number of anilines is 2. The number of hydrogen-bond donors (Lipinski definition) is 4. The molecule has 6 N–H and O–H groups in total. The van der Waals surface area contributed by atoms with Gasteiger partial charge in [-0.1, -0.05) is 0 Å². The van der Waals surface area contributed by atoms with Gasteiger partial charge in [0.1, 0.15) is 5.69 Å². The van der Waals surface area contributed by atoms with Crippen molar-refractivity contribution in [3.05, 3.63) is 16.7 Å². The number of nitrogen functional groups attached to an aromatic ring is 1. The van der Waals surface area contributed by atoms with Crippen molar-refractivity contribution in [1.82, 2.24) is 9.97 Å². The fourth-order valence-corrected chi connectivity index (χ4v) is 1.22. The van der Waals surface area contributed by atoms with Gasteiger partial charge in [-0.05, 0) is 6.42 Å². The first kappa shape index (κ1) is 12.5. The number of rotatable bonds is 6. The zero-order valence-electron chi connectivity index (χ0n) is 9.19. The standard InChI is InChI=1S/C9H17N5O2/c1-16-4-6(10)2-3-12-8-7(11)9(15)14-5-13-8/h5-6H,2-4,10-11H2,1H3,(H2,12,13,14,15). The van der Waals surface area contributed by atoms with Gasteiger partial charge in [0.2, 0.25) is 0 Å². The zero-order valence-corrected chi connectivity index (χ0v) is 9.19. The third-order valence-corrected chi connectivity index (χ3v) is 2.08. The Morgan fingerprint density at radius 1 is 1.69 bits per heavy atom. The monoisotopic (exact) mass is 227 g/mol. The Bertz CT molecular complexity index is 378. The molecule has 0 aromatic carbocycles. The minimum absolute atomic E-state index is 0.0410. The van der Waals surface area contributed by atoms with Crippen LogP contribution in [0.5, 0.6) is 0 Å². The summed E-state index contributed by atoms with van der Waals surface area (Å²) in [5.74, 6) is 0.383. The molecule has 16 heavy (non-hydrogen) atoms. The van der Waals surface area contributed by atoms with Gasteiger partial charge in [0.25, 0.3) is 5.56 Å². The average molecular weight is 227 g/mol. The van der Waals surface area contributed by atoms with E-state index >= 15 is 0 Å². The van der Waals surface area contributed by atoms with Gasteiger partial charge in [-0.2, -0.15) is 0 Å². The van der Waals surface area contributed by atoms with E-state index in [4.69, 9.17) is 16.2 Å². The topological polar surface area (TPSA) is 119 Å². The molecule has 0 amide bonds. The molecular formula is C9H17N5O2. The predicted octanol–water partition coefficient (Wildman–Crippen LogP) is -0.872. The highest BCUT2D eigenvalue weighted by Crippen LogP contribution is 2.06. The Hall–Kier alpha value is -1.60. The molecule has 1 aromatic rings. The molecule has 0 spiro atoms. The van der Waals surface area contributed by atoms with E-state index in [9.17, 15) is 4.79 Å². The second-order valence-corrected chi connectivity index (χ2v) is 3.42. The van der Waals surface area contributed by atoms with Crippen LogP contribution in [-0.2, 0) is 4.74 Å². The Morgan fingerprint density at radius 3 is 3.12 bits per heavy atom. The molecule has 0 aliphatic rings. The Morgan fingerprint density at radius 2 is 2.44 bits per heavy atom. The second kappa shape index (κ2) is 6.09. The lowest BCUT2D eigenvalue weighted by Crippen LogP contribution is -2.28. The number of nitrogens with one attached hydrogen (secondary N) is 2. The van der Waals surface area contributed by atoms with Gasteiger partial charge in [0.05, 0.1) is 12.9 Å². The summed E-state index contributed by atoms with van der Waals surface area (Å²) in [6.45, 7) is 1.09. The molecule has 90 valence electrons.